The van der Waals surface area contributed by atoms with Crippen molar-refractivity contribution >= 4 is 28.9 Å². The molecule has 1 fully saturated rings. The normalized spacial score (nSPS) is 25.3. The Balaban J connectivity index is 1.66. The number of nitrogens with zero attached hydrogens (tertiary/aromatic N) is 1. The van der Waals surface area contributed by atoms with E-state index in [1.807, 2.05) is 12.2 Å². The van der Waals surface area contributed by atoms with E-state index >= 15 is 0 Å². The van der Waals surface area contributed by atoms with Gasteiger partial charge < -0.3 is 10.2 Å². The molecule has 1 heterocycles. The van der Waals surface area contributed by atoms with Gasteiger partial charge in [0.2, 0.25) is 0 Å². The Morgan fingerprint density at radius 1 is 1.33 bits per heavy atom. The van der Waals surface area contributed by atoms with Crippen molar-refractivity contribution in [2.24, 2.45) is 0 Å². The predicted octanol–water partition coefficient (Wildman–Crippen LogP) is 3.63. The molecule has 3 rings (SSSR count). The number of allylic oxidation sites excluding steroid dienone is 2. The van der Waals surface area contributed by atoms with Crippen molar-refractivity contribution < 1.29 is 0 Å². The van der Waals surface area contributed by atoms with E-state index in [1.165, 1.54) is 5.56 Å². The van der Waals surface area contributed by atoms with Crippen LogP contribution >= 0.6 is 23.8 Å². The number of thiocarbonyl (C=S) groups is 1. The molecule has 1 aromatic carbocycles. The first-order valence-corrected chi connectivity index (χ1v) is 8.12. The minimum absolute atomic E-state index is 0.203. The molecular weight excluding hydrogens is 300 g/mol. The maximum atomic E-state index is 6.07. The summed E-state index contributed by atoms with van der Waals surface area (Å²) in [6.07, 6.45) is 8.31. The van der Waals surface area contributed by atoms with Crippen molar-refractivity contribution in [2.45, 2.75) is 37.9 Å². The maximum absolute atomic E-state index is 6.07. The molecule has 0 aromatic heterocycles. The number of halogens is 1. The van der Waals surface area contributed by atoms with E-state index in [1.54, 1.807) is 0 Å². The molecule has 0 amide bonds. The van der Waals surface area contributed by atoms with E-state index in [4.69, 9.17) is 23.8 Å². The van der Waals surface area contributed by atoms with Crippen LogP contribution in [0.15, 0.2) is 53.6 Å². The van der Waals surface area contributed by atoms with Crippen molar-refractivity contribution in [2.75, 3.05) is 0 Å². The molecule has 1 N–H and O–H groups in total. The minimum Gasteiger partial charge on any atom is -0.354 e. The third kappa shape index (κ3) is 3.14. The number of rotatable bonds is 4. The van der Waals surface area contributed by atoms with E-state index in [-0.39, 0.29) is 12.1 Å². The Hall–Kier alpha value is -1.32. The molecule has 1 aromatic rings. The molecule has 3 atom stereocenters. The first kappa shape index (κ1) is 14.6. The van der Waals surface area contributed by atoms with Crippen molar-refractivity contribution in [1.82, 2.24) is 10.2 Å². The Labute approximate surface area is 136 Å². The van der Waals surface area contributed by atoms with Gasteiger partial charge in [-0.2, -0.15) is 0 Å². The highest BCUT2D eigenvalue weighted by atomic mass is 35.5. The van der Waals surface area contributed by atoms with Crippen LogP contribution in [0.5, 0.6) is 0 Å². The summed E-state index contributed by atoms with van der Waals surface area (Å²) < 4.78 is 0. The van der Waals surface area contributed by atoms with Gasteiger partial charge in [0.1, 0.15) is 0 Å². The third-order valence-corrected chi connectivity index (χ3v) is 4.75. The highest BCUT2D eigenvalue weighted by Gasteiger charge is 2.37. The van der Waals surface area contributed by atoms with E-state index in [0.717, 1.165) is 23.0 Å². The van der Waals surface area contributed by atoms with Crippen LogP contribution in [0.2, 0.25) is 0 Å². The first-order chi connectivity index (χ1) is 10.1. The van der Waals surface area contributed by atoms with Gasteiger partial charge in [-0.25, -0.2) is 0 Å². The molecule has 2 nitrogen and oxygen atoms in total. The zero-order valence-corrected chi connectivity index (χ0v) is 13.6. The standard InChI is InChI=1S/C17H19ClN2S/c1-12(7-8-13-5-3-2-4-6-13)20-16-10-9-14(18)11-15(16)19-17(20)21/h2-6,9-12,15-16H,7-8H2,1H3,(H,19,21)/t12-,15-,16+/m0/s1. The zero-order chi connectivity index (χ0) is 14.8. The minimum atomic E-state index is 0.203. The number of nitrogens with one attached hydrogen (secondary N) is 1. The lowest BCUT2D eigenvalue weighted by molar-refractivity contribution is 0.290. The van der Waals surface area contributed by atoms with Crippen LogP contribution in [0.4, 0.5) is 0 Å². The lowest BCUT2D eigenvalue weighted by atomic mass is 10.00. The molecule has 1 aliphatic carbocycles. The number of aryl methyl sites for hydroxylation is 1. The molecule has 0 unspecified atom stereocenters. The average Bonchev–Trinajstić information content (AvgIpc) is 2.81. The SMILES string of the molecule is C[C@@H](CCc1ccccc1)N1C(=S)N[C@H]2C=C(Cl)C=C[C@H]21. The van der Waals surface area contributed by atoms with Crippen molar-refractivity contribution in [1.29, 1.82) is 0 Å². The molecule has 1 aliphatic heterocycles. The first-order valence-electron chi connectivity index (χ1n) is 7.33. The summed E-state index contributed by atoms with van der Waals surface area (Å²) in [4.78, 5) is 2.30. The van der Waals surface area contributed by atoms with E-state index in [2.05, 4.69) is 53.5 Å². The quantitative estimate of drug-likeness (QED) is 0.854. The molecule has 0 saturated carbocycles. The van der Waals surface area contributed by atoms with Crippen LogP contribution in [0.25, 0.3) is 0 Å². The molecule has 0 spiro atoms. The van der Waals surface area contributed by atoms with Gasteiger partial charge in [0.25, 0.3) is 0 Å². The summed E-state index contributed by atoms with van der Waals surface area (Å²) >= 11 is 11.6. The summed E-state index contributed by atoms with van der Waals surface area (Å²) in [5, 5.41) is 4.97. The van der Waals surface area contributed by atoms with E-state index < -0.39 is 0 Å². The van der Waals surface area contributed by atoms with Gasteiger partial charge in [-0.3, -0.25) is 0 Å². The van der Waals surface area contributed by atoms with Crippen LogP contribution in [0.1, 0.15) is 18.9 Å². The van der Waals surface area contributed by atoms with E-state index in [0.29, 0.717) is 6.04 Å². The fourth-order valence-corrected chi connectivity index (χ4v) is 3.68. The number of hydrogen-bond donors (Lipinski definition) is 1. The summed E-state index contributed by atoms with van der Waals surface area (Å²) in [6.45, 7) is 2.24. The van der Waals surface area contributed by atoms with Crippen LogP contribution in [-0.2, 0) is 6.42 Å². The topological polar surface area (TPSA) is 15.3 Å². The van der Waals surface area contributed by atoms with Crippen molar-refractivity contribution in [3.63, 3.8) is 0 Å². The Morgan fingerprint density at radius 2 is 2.10 bits per heavy atom. The highest BCUT2D eigenvalue weighted by molar-refractivity contribution is 7.80. The number of hydrogen-bond acceptors (Lipinski definition) is 1. The third-order valence-electron chi connectivity index (χ3n) is 4.17. The smallest absolute Gasteiger partial charge is 0.170 e. The monoisotopic (exact) mass is 318 g/mol. The lowest BCUT2D eigenvalue weighted by Crippen LogP contribution is -2.42. The average molecular weight is 319 g/mol. The van der Waals surface area contributed by atoms with Gasteiger partial charge in [0.05, 0.1) is 12.1 Å². The maximum Gasteiger partial charge on any atom is 0.170 e. The second-order valence-electron chi connectivity index (χ2n) is 5.66. The van der Waals surface area contributed by atoms with Gasteiger partial charge in [-0.15, -0.1) is 0 Å². The molecular formula is C17H19ClN2S. The predicted molar refractivity (Wildman–Crippen MR) is 92.4 cm³/mol. The largest absolute Gasteiger partial charge is 0.354 e. The molecule has 4 heteroatoms. The molecule has 1 saturated heterocycles. The van der Waals surface area contributed by atoms with Crippen molar-refractivity contribution in [3.8, 4) is 0 Å². The van der Waals surface area contributed by atoms with Crippen LogP contribution in [0, 0.1) is 0 Å². The highest BCUT2D eigenvalue weighted by Crippen LogP contribution is 2.27. The van der Waals surface area contributed by atoms with Gasteiger partial charge in [0, 0.05) is 11.1 Å². The fourth-order valence-electron chi connectivity index (χ4n) is 3.03. The van der Waals surface area contributed by atoms with Crippen LogP contribution in [-0.4, -0.2) is 28.1 Å². The van der Waals surface area contributed by atoms with Gasteiger partial charge in [0.15, 0.2) is 5.11 Å². The summed E-state index contributed by atoms with van der Waals surface area (Å²) in [6, 6.07) is 11.5. The van der Waals surface area contributed by atoms with Crippen LogP contribution in [0.3, 0.4) is 0 Å². The molecule has 0 radical (unpaired) electrons. The fraction of sp³-hybridized carbons (Fsp3) is 0.353. The van der Waals surface area contributed by atoms with Gasteiger partial charge in [-0.1, -0.05) is 48.0 Å². The van der Waals surface area contributed by atoms with Gasteiger partial charge >= 0.3 is 0 Å². The van der Waals surface area contributed by atoms with Crippen molar-refractivity contribution in [3.05, 3.63) is 59.2 Å². The Kier molecular flexibility index (Phi) is 4.32. The molecule has 110 valence electrons. The second-order valence-corrected chi connectivity index (χ2v) is 6.48. The Morgan fingerprint density at radius 3 is 2.86 bits per heavy atom. The molecule has 0 bridgehead atoms. The molecule has 21 heavy (non-hydrogen) atoms. The summed E-state index contributed by atoms with van der Waals surface area (Å²) in [7, 11) is 0. The molecule has 2 aliphatic rings. The van der Waals surface area contributed by atoms with E-state index in [9.17, 15) is 0 Å². The summed E-state index contributed by atoms with van der Waals surface area (Å²) in [5.41, 5.74) is 1.38. The second kappa shape index (κ2) is 6.20. The summed E-state index contributed by atoms with van der Waals surface area (Å²) in [5.74, 6) is 0. The number of fused-ring (bicyclic) bond motifs is 1. The lowest BCUT2D eigenvalue weighted by Gasteiger charge is -2.31. The Bertz CT molecular complexity index is 582. The van der Waals surface area contributed by atoms with Gasteiger partial charge in [-0.05, 0) is 49.7 Å². The van der Waals surface area contributed by atoms with Crippen LogP contribution < -0.4 is 5.32 Å². The zero-order valence-electron chi connectivity index (χ0n) is 12.0. The number of benzene rings is 1.